The van der Waals surface area contributed by atoms with E-state index in [1.807, 2.05) is 35.6 Å². The van der Waals surface area contributed by atoms with E-state index >= 15 is 0 Å². The van der Waals surface area contributed by atoms with Crippen LogP contribution >= 0.6 is 0 Å². The number of benzene rings is 1. The summed E-state index contributed by atoms with van der Waals surface area (Å²) in [6.45, 7) is 9.40. The normalized spacial score (nSPS) is 21.6. The molecule has 2 aliphatic rings. The second-order valence-electron chi connectivity index (χ2n) is 8.78. The Morgan fingerprint density at radius 1 is 1.22 bits per heavy atom. The molecule has 2 aromatic rings. The van der Waals surface area contributed by atoms with Gasteiger partial charge in [0.2, 0.25) is 0 Å². The van der Waals surface area contributed by atoms with E-state index in [2.05, 4.69) is 51.2 Å². The van der Waals surface area contributed by atoms with Crippen LogP contribution in [0.2, 0.25) is 0 Å². The fourth-order valence-electron chi connectivity index (χ4n) is 4.56. The summed E-state index contributed by atoms with van der Waals surface area (Å²) in [6.07, 6.45) is 9.11. The van der Waals surface area contributed by atoms with Crippen molar-refractivity contribution in [1.29, 1.82) is 0 Å². The third-order valence-corrected chi connectivity index (χ3v) is 6.44. The zero-order valence-electron chi connectivity index (χ0n) is 19.2. The van der Waals surface area contributed by atoms with Crippen molar-refractivity contribution in [2.45, 2.75) is 45.7 Å². The van der Waals surface area contributed by atoms with Crippen LogP contribution < -0.4 is 10.6 Å². The SMILES string of the molecule is CCNC(=NCc1cccc(NC(=O)N2CCCC2)c1)N1CCC(C)C(n2ccnc2)C1. The molecule has 0 aliphatic carbocycles. The number of hydrogen-bond donors (Lipinski definition) is 2. The lowest BCUT2D eigenvalue weighted by atomic mass is 9.93. The summed E-state index contributed by atoms with van der Waals surface area (Å²) >= 11 is 0. The fourth-order valence-corrected chi connectivity index (χ4v) is 4.56. The Morgan fingerprint density at radius 2 is 2.06 bits per heavy atom. The molecule has 0 saturated carbocycles. The Bertz CT molecular complexity index is 905. The van der Waals surface area contributed by atoms with Gasteiger partial charge < -0.3 is 25.0 Å². The molecule has 0 spiro atoms. The molecule has 1 aromatic carbocycles. The van der Waals surface area contributed by atoms with Crippen molar-refractivity contribution in [3.63, 3.8) is 0 Å². The number of amides is 2. The van der Waals surface area contributed by atoms with Crippen molar-refractivity contribution in [3.8, 4) is 0 Å². The van der Waals surface area contributed by atoms with Gasteiger partial charge in [-0.05, 0) is 49.8 Å². The van der Waals surface area contributed by atoms with E-state index in [1.54, 1.807) is 0 Å². The van der Waals surface area contributed by atoms with Gasteiger partial charge in [-0.25, -0.2) is 14.8 Å². The zero-order valence-corrected chi connectivity index (χ0v) is 19.2. The third kappa shape index (κ3) is 5.41. The minimum Gasteiger partial charge on any atom is -0.357 e. The molecule has 0 bridgehead atoms. The first kappa shape index (κ1) is 22.2. The van der Waals surface area contributed by atoms with E-state index in [9.17, 15) is 4.79 Å². The van der Waals surface area contributed by atoms with Gasteiger partial charge in [-0.1, -0.05) is 19.1 Å². The highest BCUT2D eigenvalue weighted by atomic mass is 16.2. The maximum absolute atomic E-state index is 12.4. The van der Waals surface area contributed by atoms with Crippen molar-refractivity contribution in [3.05, 3.63) is 48.5 Å². The summed E-state index contributed by atoms with van der Waals surface area (Å²) < 4.78 is 2.22. The average molecular weight is 438 g/mol. The maximum atomic E-state index is 12.4. The van der Waals surface area contributed by atoms with Gasteiger partial charge in [-0.15, -0.1) is 0 Å². The van der Waals surface area contributed by atoms with Gasteiger partial charge in [0.15, 0.2) is 5.96 Å². The first-order chi connectivity index (χ1) is 15.6. The highest BCUT2D eigenvalue weighted by Gasteiger charge is 2.28. The molecule has 2 amide bonds. The Labute approximate surface area is 190 Å². The summed E-state index contributed by atoms with van der Waals surface area (Å²) in [5, 5.41) is 6.49. The van der Waals surface area contributed by atoms with Gasteiger partial charge >= 0.3 is 6.03 Å². The fraction of sp³-hybridized carbons (Fsp3) is 0.542. The Kier molecular flexibility index (Phi) is 7.29. The van der Waals surface area contributed by atoms with Gasteiger partial charge in [0.25, 0.3) is 0 Å². The number of aliphatic imine (C=N–C) groups is 1. The van der Waals surface area contributed by atoms with E-state index in [0.717, 1.165) is 69.2 Å². The Hall–Kier alpha value is -3.03. The van der Waals surface area contributed by atoms with Crippen LogP contribution in [0.5, 0.6) is 0 Å². The van der Waals surface area contributed by atoms with Crippen molar-refractivity contribution in [2.75, 3.05) is 38.0 Å². The van der Waals surface area contributed by atoms with Crippen LogP contribution in [-0.2, 0) is 6.54 Å². The van der Waals surface area contributed by atoms with Crippen LogP contribution in [0.25, 0.3) is 0 Å². The number of carbonyl (C=O) groups excluding carboxylic acids is 1. The van der Waals surface area contributed by atoms with Crippen molar-refractivity contribution in [1.82, 2.24) is 24.7 Å². The molecule has 2 saturated heterocycles. The molecule has 1 aromatic heterocycles. The zero-order chi connectivity index (χ0) is 22.3. The molecule has 32 heavy (non-hydrogen) atoms. The van der Waals surface area contributed by atoms with Crippen LogP contribution in [0.4, 0.5) is 10.5 Å². The van der Waals surface area contributed by atoms with Crippen LogP contribution in [0.3, 0.4) is 0 Å². The molecule has 2 unspecified atom stereocenters. The predicted molar refractivity (Wildman–Crippen MR) is 128 cm³/mol. The number of anilines is 1. The van der Waals surface area contributed by atoms with E-state index in [1.165, 1.54) is 0 Å². The second kappa shape index (κ2) is 10.5. The molecule has 172 valence electrons. The number of urea groups is 1. The lowest BCUT2D eigenvalue weighted by Crippen LogP contribution is -2.49. The molecule has 4 rings (SSSR count). The number of nitrogens with one attached hydrogen (secondary N) is 2. The van der Waals surface area contributed by atoms with Crippen molar-refractivity contribution < 1.29 is 4.79 Å². The van der Waals surface area contributed by atoms with Crippen LogP contribution in [0, 0.1) is 5.92 Å². The first-order valence-corrected chi connectivity index (χ1v) is 11.8. The van der Waals surface area contributed by atoms with Gasteiger partial charge in [-0.3, -0.25) is 0 Å². The summed E-state index contributed by atoms with van der Waals surface area (Å²) in [6, 6.07) is 8.38. The molecule has 2 aliphatic heterocycles. The first-order valence-electron chi connectivity index (χ1n) is 11.8. The highest BCUT2D eigenvalue weighted by Crippen LogP contribution is 2.27. The van der Waals surface area contributed by atoms with Gasteiger partial charge in [0.05, 0.1) is 18.9 Å². The van der Waals surface area contributed by atoms with Crippen molar-refractivity contribution in [2.24, 2.45) is 10.9 Å². The standard InChI is InChI=1S/C24H35N7O/c1-3-26-23(30-13-9-19(2)22(17-30)31-14-10-25-18-31)27-16-20-7-6-8-21(15-20)28-24(32)29-11-4-5-12-29/h6-8,10,14-15,18-19,22H,3-5,9,11-13,16-17H2,1-2H3,(H,26,27)(H,28,32). The Morgan fingerprint density at radius 3 is 2.81 bits per heavy atom. The number of aromatic nitrogens is 2. The van der Waals surface area contributed by atoms with E-state index < -0.39 is 0 Å². The predicted octanol–water partition coefficient (Wildman–Crippen LogP) is 3.56. The summed E-state index contributed by atoms with van der Waals surface area (Å²) in [4.78, 5) is 25.8. The number of piperidine rings is 1. The summed E-state index contributed by atoms with van der Waals surface area (Å²) in [5.74, 6) is 1.54. The molecule has 2 N–H and O–H groups in total. The van der Waals surface area contributed by atoms with Crippen LogP contribution in [0.1, 0.15) is 44.7 Å². The number of hydrogen-bond acceptors (Lipinski definition) is 3. The van der Waals surface area contributed by atoms with Crippen molar-refractivity contribution >= 4 is 17.7 Å². The minimum atomic E-state index is -0.00975. The molecule has 2 fully saturated rings. The van der Waals surface area contributed by atoms with Crippen LogP contribution in [-0.4, -0.2) is 64.1 Å². The van der Waals surface area contributed by atoms with Gasteiger partial charge in [0, 0.05) is 50.8 Å². The maximum Gasteiger partial charge on any atom is 0.321 e. The Balaban J connectivity index is 1.42. The van der Waals surface area contributed by atoms with E-state index in [4.69, 9.17) is 4.99 Å². The largest absolute Gasteiger partial charge is 0.357 e. The molecular weight excluding hydrogens is 402 g/mol. The molecule has 3 heterocycles. The summed E-state index contributed by atoms with van der Waals surface area (Å²) in [7, 11) is 0. The molecule has 0 radical (unpaired) electrons. The van der Waals surface area contributed by atoms with E-state index in [0.29, 0.717) is 18.5 Å². The lowest BCUT2D eigenvalue weighted by molar-refractivity contribution is 0.189. The molecule has 8 heteroatoms. The van der Waals surface area contributed by atoms with Gasteiger partial charge in [0.1, 0.15) is 0 Å². The average Bonchev–Trinajstić information content (AvgIpc) is 3.52. The number of rotatable bonds is 5. The van der Waals surface area contributed by atoms with Crippen LogP contribution in [0.15, 0.2) is 48.0 Å². The number of nitrogens with zero attached hydrogens (tertiary/aromatic N) is 5. The summed E-state index contributed by atoms with van der Waals surface area (Å²) in [5.41, 5.74) is 1.91. The molecule has 8 nitrogen and oxygen atoms in total. The smallest absolute Gasteiger partial charge is 0.321 e. The number of guanidine groups is 1. The number of likely N-dealkylation sites (tertiary alicyclic amines) is 2. The quantitative estimate of drug-likeness (QED) is 0.554. The van der Waals surface area contributed by atoms with E-state index in [-0.39, 0.29) is 6.03 Å². The number of imidazole rings is 1. The monoisotopic (exact) mass is 437 g/mol. The second-order valence-corrected chi connectivity index (χ2v) is 8.78. The van der Waals surface area contributed by atoms with Gasteiger partial charge in [-0.2, -0.15) is 0 Å². The topological polar surface area (TPSA) is 77.8 Å². The molecular formula is C24H35N7O. The molecule has 2 atom stereocenters. The third-order valence-electron chi connectivity index (χ3n) is 6.44. The lowest BCUT2D eigenvalue weighted by Gasteiger charge is -2.39. The minimum absolute atomic E-state index is 0.00975. The highest BCUT2D eigenvalue weighted by molar-refractivity contribution is 5.89. The number of carbonyl (C=O) groups is 1.